The lowest BCUT2D eigenvalue weighted by atomic mass is 10.1. The molecule has 0 aliphatic carbocycles. The summed E-state index contributed by atoms with van der Waals surface area (Å²) in [6, 6.07) is 11.7. The van der Waals surface area contributed by atoms with E-state index in [1.165, 1.54) is 23.5 Å². The first-order valence-electron chi connectivity index (χ1n) is 8.64. The van der Waals surface area contributed by atoms with Crippen LogP contribution in [0.5, 0.6) is 0 Å². The number of carbonyl (C=O) groups excluding carboxylic acids is 1. The van der Waals surface area contributed by atoms with Gasteiger partial charge in [0.2, 0.25) is 0 Å². The summed E-state index contributed by atoms with van der Waals surface area (Å²) >= 11 is 1.21. The number of aryl methyl sites for hydroxylation is 2. The van der Waals surface area contributed by atoms with Crippen LogP contribution in [-0.4, -0.2) is 20.7 Å². The highest BCUT2D eigenvalue weighted by molar-refractivity contribution is 7.22. The third-order valence-corrected chi connectivity index (χ3v) is 5.25. The molecule has 1 N–H and O–H groups in total. The Morgan fingerprint density at radius 3 is 2.55 bits per heavy atom. The van der Waals surface area contributed by atoms with Gasteiger partial charge < -0.3 is 0 Å². The Balaban J connectivity index is 1.73. The Bertz CT molecular complexity index is 1210. The number of nitrogens with zero attached hydrogens (tertiary/aromatic N) is 3. The number of aromatic nitrogens is 3. The van der Waals surface area contributed by atoms with Crippen LogP contribution in [0.4, 0.5) is 18.3 Å². The molecule has 4 rings (SSSR count). The van der Waals surface area contributed by atoms with Gasteiger partial charge in [-0.15, -0.1) is 0 Å². The molecule has 148 valence electrons. The lowest BCUT2D eigenvalue weighted by Gasteiger charge is -2.12. The number of alkyl halides is 3. The number of fused-ring (bicyclic) bond motifs is 1. The highest BCUT2D eigenvalue weighted by Gasteiger charge is 2.40. The van der Waals surface area contributed by atoms with Gasteiger partial charge in [-0.1, -0.05) is 35.6 Å². The number of nitrogens with one attached hydrogen (secondary N) is 1. The van der Waals surface area contributed by atoms with E-state index in [0.717, 1.165) is 26.7 Å². The maximum Gasteiger partial charge on any atom is 0.434 e. The van der Waals surface area contributed by atoms with Gasteiger partial charge in [0.15, 0.2) is 10.8 Å². The van der Waals surface area contributed by atoms with E-state index in [0.29, 0.717) is 5.52 Å². The summed E-state index contributed by atoms with van der Waals surface area (Å²) in [7, 11) is 0. The Morgan fingerprint density at radius 2 is 1.86 bits per heavy atom. The molecule has 5 nitrogen and oxygen atoms in total. The second-order valence-corrected chi connectivity index (χ2v) is 7.58. The number of carbonyl (C=O) groups is 1. The van der Waals surface area contributed by atoms with Crippen LogP contribution in [0.25, 0.3) is 15.9 Å². The van der Waals surface area contributed by atoms with Gasteiger partial charge in [0.1, 0.15) is 0 Å². The van der Waals surface area contributed by atoms with Crippen molar-refractivity contribution in [3.8, 4) is 5.69 Å². The summed E-state index contributed by atoms with van der Waals surface area (Å²) in [6.45, 7) is 3.84. The molecule has 0 spiro atoms. The van der Waals surface area contributed by atoms with E-state index >= 15 is 0 Å². The molecule has 0 saturated carbocycles. The monoisotopic (exact) mass is 416 g/mol. The summed E-state index contributed by atoms with van der Waals surface area (Å²) < 4.78 is 42.8. The van der Waals surface area contributed by atoms with E-state index < -0.39 is 23.3 Å². The smallest absolute Gasteiger partial charge is 0.298 e. The van der Waals surface area contributed by atoms with Gasteiger partial charge in [-0.05, 0) is 43.2 Å². The Morgan fingerprint density at radius 1 is 1.14 bits per heavy atom. The fourth-order valence-electron chi connectivity index (χ4n) is 3.14. The SMILES string of the molecule is Cc1cc(C)c2nc(NC(=O)c3cnn(-c4ccccc4)c3C(F)(F)F)sc2c1. The molecule has 0 saturated heterocycles. The van der Waals surface area contributed by atoms with Gasteiger partial charge in [-0.3, -0.25) is 10.1 Å². The molecule has 2 aromatic carbocycles. The minimum atomic E-state index is -4.76. The molecule has 0 aliphatic heterocycles. The maximum absolute atomic E-state index is 13.7. The zero-order valence-electron chi connectivity index (χ0n) is 15.4. The number of hydrogen-bond acceptors (Lipinski definition) is 4. The second-order valence-electron chi connectivity index (χ2n) is 6.55. The van der Waals surface area contributed by atoms with Crippen LogP contribution in [0, 0.1) is 13.8 Å². The third kappa shape index (κ3) is 3.61. The molecule has 9 heteroatoms. The van der Waals surface area contributed by atoms with Crippen LogP contribution >= 0.6 is 11.3 Å². The van der Waals surface area contributed by atoms with Crippen molar-refractivity contribution in [2.45, 2.75) is 20.0 Å². The number of halogens is 3. The summed E-state index contributed by atoms with van der Waals surface area (Å²) in [4.78, 5) is 17.0. The van der Waals surface area contributed by atoms with Gasteiger partial charge in [-0.2, -0.15) is 18.3 Å². The third-order valence-electron chi connectivity index (χ3n) is 4.33. The standard InChI is InChI=1S/C20H15F3N4OS/c1-11-8-12(2)16-15(9-11)29-19(25-16)26-18(28)14-10-24-27(17(14)20(21,22)23)13-6-4-3-5-7-13/h3-10H,1-2H3,(H,25,26,28). The van der Waals surface area contributed by atoms with E-state index in [1.807, 2.05) is 26.0 Å². The Hall–Kier alpha value is -3.20. The van der Waals surface area contributed by atoms with Gasteiger partial charge in [-0.25, -0.2) is 9.67 Å². The normalized spacial score (nSPS) is 11.8. The first-order valence-corrected chi connectivity index (χ1v) is 9.45. The predicted octanol–water partition coefficient (Wildman–Crippen LogP) is 5.37. The highest BCUT2D eigenvalue weighted by atomic mass is 32.1. The first kappa shape index (κ1) is 19.1. The molecule has 2 heterocycles. The summed E-state index contributed by atoms with van der Waals surface area (Å²) in [5.41, 5.74) is 1.21. The molecule has 0 fully saturated rings. The van der Waals surface area contributed by atoms with E-state index in [2.05, 4.69) is 15.4 Å². The van der Waals surface area contributed by atoms with Crippen LogP contribution in [0.15, 0.2) is 48.7 Å². The number of rotatable bonds is 3. The van der Waals surface area contributed by atoms with Crippen LogP contribution in [0.3, 0.4) is 0 Å². The molecule has 0 aliphatic rings. The molecular formula is C20H15F3N4OS. The minimum absolute atomic E-state index is 0.213. The number of thiazole rings is 1. The second kappa shape index (κ2) is 7.00. The van der Waals surface area contributed by atoms with Crippen molar-refractivity contribution in [1.82, 2.24) is 14.8 Å². The van der Waals surface area contributed by atoms with Gasteiger partial charge in [0.05, 0.1) is 27.7 Å². The fourth-order valence-corrected chi connectivity index (χ4v) is 4.18. The van der Waals surface area contributed by atoms with Crippen molar-refractivity contribution >= 4 is 32.6 Å². The Kier molecular flexibility index (Phi) is 4.62. The first-order chi connectivity index (χ1) is 13.7. The van der Waals surface area contributed by atoms with Crippen molar-refractivity contribution in [2.75, 3.05) is 5.32 Å². The molecule has 29 heavy (non-hydrogen) atoms. The molecule has 1 amide bonds. The topological polar surface area (TPSA) is 59.8 Å². The van der Waals surface area contributed by atoms with E-state index in [9.17, 15) is 18.0 Å². The minimum Gasteiger partial charge on any atom is -0.298 e. The van der Waals surface area contributed by atoms with Crippen LogP contribution in [0.2, 0.25) is 0 Å². The molecule has 0 unspecified atom stereocenters. The average molecular weight is 416 g/mol. The van der Waals surface area contributed by atoms with Crippen LogP contribution in [-0.2, 0) is 6.18 Å². The molecule has 0 radical (unpaired) electrons. The summed E-state index contributed by atoms with van der Waals surface area (Å²) in [5.74, 6) is -0.909. The van der Waals surface area contributed by atoms with Gasteiger partial charge in [0, 0.05) is 0 Å². The van der Waals surface area contributed by atoms with Gasteiger partial charge in [0.25, 0.3) is 5.91 Å². The number of para-hydroxylation sites is 1. The lowest BCUT2D eigenvalue weighted by molar-refractivity contribution is -0.143. The summed E-state index contributed by atoms with van der Waals surface area (Å²) in [5, 5.41) is 6.53. The van der Waals surface area contributed by atoms with Crippen molar-refractivity contribution in [1.29, 1.82) is 0 Å². The predicted molar refractivity (Wildman–Crippen MR) is 106 cm³/mol. The number of benzene rings is 2. The quantitative estimate of drug-likeness (QED) is 0.488. The summed E-state index contributed by atoms with van der Waals surface area (Å²) in [6.07, 6.45) is -3.84. The van der Waals surface area contributed by atoms with Crippen LogP contribution < -0.4 is 5.32 Å². The maximum atomic E-state index is 13.7. The largest absolute Gasteiger partial charge is 0.434 e. The van der Waals surface area contributed by atoms with E-state index in [-0.39, 0.29) is 10.8 Å². The van der Waals surface area contributed by atoms with E-state index in [1.54, 1.807) is 18.2 Å². The molecule has 2 aromatic heterocycles. The van der Waals surface area contributed by atoms with Crippen molar-refractivity contribution in [3.63, 3.8) is 0 Å². The Labute approximate surface area is 167 Å². The average Bonchev–Trinajstić information content (AvgIpc) is 3.26. The van der Waals surface area contributed by atoms with Crippen molar-refractivity contribution in [2.24, 2.45) is 0 Å². The fraction of sp³-hybridized carbons (Fsp3) is 0.150. The van der Waals surface area contributed by atoms with Gasteiger partial charge >= 0.3 is 6.18 Å². The zero-order chi connectivity index (χ0) is 20.8. The molecule has 4 aromatic rings. The van der Waals surface area contributed by atoms with Crippen LogP contribution in [0.1, 0.15) is 27.2 Å². The number of anilines is 1. The zero-order valence-corrected chi connectivity index (χ0v) is 16.2. The lowest BCUT2D eigenvalue weighted by Crippen LogP contribution is -2.20. The number of hydrogen-bond donors (Lipinski definition) is 1. The van der Waals surface area contributed by atoms with E-state index in [4.69, 9.17) is 0 Å². The molecule has 0 atom stereocenters. The van der Waals surface area contributed by atoms with Crippen molar-refractivity contribution < 1.29 is 18.0 Å². The van der Waals surface area contributed by atoms with Crippen molar-refractivity contribution in [3.05, 3.63) is 71.0 Å². The number of amides is 1. The highest BCUT2D eigenvalue weighted by Crippen LogP contribution is 2.35. The molecule has 0 bridgehead atoms. The molecular weight excluding hydrogens is 401 g/mol.